The van der Waals surface area contributed by atoms with Crippen LogP contribution in [0.5, 0.6) is 0 Å². The van der Waals surface area contributed by atoms with E-state index in [1.807, 2.05) is 26.0 Å². The van der Waals surface area contributed by atoms with Crippen molar-refractivity contribution in [2.24, 2.45) is 11.1 Å². The van der Waals surface area contributed by atoms with Gasteiger partial charge in [-0.25, -0.2) is 0 Å². The first kappa shape index (κ1) is 16.1. The summed E-state index contributed by atoms with van der Waals surface area (Å²) in [5.74, 6) is -0.595. The molecule has 0 saturated carbocycles. The van der Waals surface area contributed by atoms with E-state index in [-0.39, 0.29) is 18.9 Å². The molecule has 5 heteroatoms. The normalized spacial score (nSPS) is 11.6. The molecule has 5 nitrogen and oxygen atoms in total. The molecule has 1 aromatic carbocycles. The van der Waals surface area contributed by atoms with Crippen molar-refractivity contribution < 1.29 is 14.0 Å². The maximum atomic E-state index is 12.1. The Morgan fingerprint density at radius 1 is 1.27 bits per heavy atom. The number of fused-ring (bicyclic) bond motifs is 1. The first-order valence-corrected chi connectivity index (χ1v) is 7.25. The van der Waals surface area contributed by atoms with Crippen LogP contribution in [0.2, 0.25) is 0 Å². The molecule has 2 rings (SSSR count). The molecule has 2 aromatic rings. The number of nitrogens with two attached hydrogens (primary N) is 1. The van der Waals surface area contributed by atoms with Gasteiger partial charge in [-0.05, 0) is 38.8 Å². The zero-order valence-electron chi connectivity index (χ0n) is 13.4. The number of aryl methyl sites for hydroxylation is 2. The van der Waals surface area contributed by atoms with E-state index in [0.717, 1.165) is 27.7 Å². The van der Waals surface area contributed by atoms with Gasteiger partial charge < -0.3 is 15.5 Å². The Bertz CT molecular complexity index is 729. The van der Waals surface area contributed by atoms with Gasteiger partial charge in [-0.15, -0.1) is 0 Å². The molecule has 1 aromatic heterocycles. The SMILES string of the molecule is Cc1ccc2c(CC(=O)NCC(C)(C)C(N)=O)coc2c1C. The predicted molar refractivity (Wildman–Crippen MR) is 85.4 cm³/mol. The van der Waals surface area contributed by atoms with Crippen LogP contribution in [-0.2, 0) is 16.0 Å². The molecule has 118 valence electrons. The highest BCUT2D eigenvalue weighted by Crippen LogP contribution is 2.26. The molecule has 1 heterocycles. The van der Waals surface area contributed by atoms with Crippen LogP contribution in [0.1, 0.15) is 30.5 Å². The summed E-state index contributed by atoms with van der Waals surface area (Å²) < 4.78 is 5.59. The van der Waals surface area contributed by atoms with Crippen LogP contribution < -0.4 is 11.1 Å². The first-order valence-electron chi connectivity index (χ1n) is 7.25. The third-order valence-electron chi connectivity index (χ3n) is 4.09. The third kappa shape index (κ3) is 3.13. The molecule has 22 heavy (non-hydrogen) atoms. The van der Waals surface area contributed by atoms with Crippen molar-refractivity contribution in [3.8, 4) is 0 Å². The summed E-state index contributed by atoms with van der Waals surface area (Å²) in [5.41, 5.74) is 8.43. The van der Waals surface area contributed by atoms with Crippen molar-refractivity contribution in [2.45, 2.75) is 34.1 Å². The minimum absolute atomic E-state index is 0.157. The minimum atomic E-state index is -0.762. The Kier molecular flexibility index (Phi) is 4.26. The smallest absolute Gasteiger partial charge is 0.224 e. The molecule has 0 aliphatic carbocycles. The van der Waals surface area contributed by atoms with Gasteiger partial charge in [0.15, 0.2) is 0 Å². The van der Waals surface area contributed by atoms with Crippen molar-refractivity contribution in [1.82, 2.24) is 5.32 Å². The summed E-state index contributed by atoms with van der Waals surface area (Å²) in [6.07, 6.45) is 1.83. The average Bonchev–Trinajstić information content (AvgIpc) is 2.84. The van der Waals surface area contributed by atoms with Gasteiger partial charge in [0.05, 0.1) is 18.1 Å². The van der Waals surface area contributed by atoms with Gasteiger partial charge in [-0.3, -0.25) is 9.59 Å². The van der Waals surface area contributed by atoms with E-state index in [1.54, 1.807) is 20.1 Å². The molecule has 0 bridgehead atoms. The number of primary amides is 1. The van der Waals surface area contributed by atoms with Crippen LogP contribution in [0.3, 0.4) is 0 Å². The number of carbonyl (C=O) groups is 2. The van der Waals surface area contributed by atoms with E-state index < -0.39 is 11.3 Å². The molecule has 3 N–H and O–H groups in total. The lowest BCUT2D eigenvalue weighted by Gasteiger charge is -2.20. The van der Waals surface area contributed by atoms with Crippen molar-refractivity contribution in [3.63, 3.8) is 0 Å². The molecule has 0 spiro atoms. The fourth-order valence-electron chi connectivity index (χ4n) is 2.17. The largest absolute Gasteiger partial charge is 0.464 e. The average molecular weight is 302 g/mol. The minimum Gasteiger partial charge on any atom is -0.464 e. The molecule has 0 aliphatic heterocycles. The Balaban J connectivity index is 2.10. The number of hydrogen-bond donors (Lipinski definition) is 2. The zero-order chi connectivity index (χ0) is 16.5. The lowest BCUT2D eigenvalue weighted by molar-refractivity contribution is -0.126. The topological polar surface area (TPSA) is 85.3 Å². The van der Waals surface area contributed by atoms with Gasteiger partial charge >= 0.3 is 0 Å². The number of hydrogen-bond acceptors (Lipinski definition) is 3. The van der Waals surface area contributed by atoms with E-state index in [2.05, 4.69) is 5.32 Å². The second-order valence-corrected chi connectivity index (χ2v) is 6.35. The van der Waals surface area contributed by atoms with Crippen LogP contribution in [0.15, 0.2) is 22.8 Å². The number of furan rings is 1. The summed E-state index contributed by atoms with van der Waals surface area (Å²) in [4.78, 5) is 23.3. The second kappa shape index (κ2) is 5.83. The molecule has 0 saturated heterocycles. The highest BCUT2D eigenvalue weighted by atomic mass is 16.3. The fourth-order valence-corrected chi connectivity index (χ4v) is 2.17. The summed E-state index contributed by atoms with van der Waals surface area (Å²) >= 11 is 0. The highest BCUT2D eigenvalue weighted by molar-refractivity contribution is 5.90. The quantitative estimate of drug-likeness (QED) is 0.888. The van der Waals surface area contributed by atoms with Crippen LogP contribution in [0, 0.1) is 19.3 Å². The van der Waals surface area contributed by atoms with E-state index in [4.69, 9.17) is 10.2 Å². The summed E-state index contributed by atoms with van der Waals surface area (Å²) in [7, 11) is 0. The summed E-state index contributed by atoms with van der Waals surface area (Å²) in [6, 6.07) is 3.99. The van der Waals surface area contributed by atoms with Crippen LogP contribution in [-0.4, -0.2) is 18.4 Å². The van der Waals surface area contributed by atoms with Gasteiger partial charge in [0.2, 0.25) is 11.8 Å². The molecular formula is C17H22N2O3. The zero-order valence-corrected chi connectivity index (χ0v) is 13.4. The van der Waals surface area contributed by atoms with Gasteiger partial charge in [0.1, 0.15) is 5.58 Å². The fraction of sp³-hybridized carbons (Fsp3) is 0.412. The van der Waals surface area contributed by atoms with Gasteiger partial charge in [0.25, 0.3) is 0 Å². The Hall–Kier alpha value is -2.30. The predicted octanol–water partition coefficient (Wildman–Crippen LogP) is 2.22. The molecule has 0 aliphatic rings. The Morgan fingerprint density at radius 3 is 2.59 bits per heavy atom. The van der Waals surface area contributed by atoms with Gasteiger partial charge in [-0.2, -0.15) is 0 Å². The lowest BCUT2D eigenvalue weighted by Crippen LogP contribution is -2.42. The second-order valence-electron chi connectivity index (χ2n) is 6.35. The molecule has 0 unspecified atom stereocenters. The van der Waals surface area contributed by atoms with Crippen LogP contribution >= 0.6 is 0 Å². The third-order valence-corrected chi connectivity index (χ3v) is 4.09. The number of carbonyl (C=O) groups excluding carboxylic acids is 2. The Labute approximate surface area is 129 Å². The molecule has 0 atom stereocenters. The molecule has 0 radical (unpaired) electrons. The standard InChI is InChI=1S/C17H22N2O3/c1-10-5-6-13-12(8-22-15(13)11(10)2)7-14(20)19-9-17(3,4)16(18)21/h5-6,8H,7,9H2,1-4H3,(H2,18,21)(H,19,20). The van der Waals surface area contributed by atoms with Crippen molar-refractivity contribution in [2.75, 3.05) is 6.54 Å². The summed E-state index contributed by atoms with van der Waals surface area (Å²) in [5, 5.41) is 3.70. The van der Waals surface area contributed by atoms with Crippen LogP contribution in [0.4, 0.5) is 0 Å². The highest BCUT2D eigenvalue weighted by Gasteiger charge is 2.25. The number of amides is 2. The van der Waals surface area contributed by atoms with E-state index in [1.165, 1.54) is 0 Å². The van der Waals surface area contributed by atoms with Gasteiger partial charge in [0, 0.05) is 17.5 Å². The first-order chi connectivity index (χ1) is 10.2. The summed E-state index contributed by atoms with van der Waals surface area (Å²) in [6.45, 7) is 7.65. The number of benzene rings is 1. The van der Waals surface area contributed by atoms with Crippen molar-refractivity contribution >= 4 is 22.8 Å². The van der Waals surface area contributed by atoms with Gasteiger partial charge in [-0.1, -0.05) is 12.1 Å². The number of rotatable bonds is 5. The Morgan fingerprint density at radius 2 is 1.95 bits per heavy atom. The van der Waals surface area contributed by atoms with Crippen molar-refractivity contribution in [1.29, 1.82) is 0 Å². The maximum absolute atomic E-state index is 12.1. The van der Waals surface area contributed by atoms with E-state index in [0.29, 0.717) is 0 Å². The molecular weight excluding hydrogens is 280 g/mol. The molecule has 2 amide bonds. The van der Waals surface area contributed by atoms with E-state index >= 15 is 0 Å². The lowest BCUT2D eigenvalue weighted by atomic mass is 9.92. The monoisotopic (exact) mass is 302 g/mol. The van der Waals surface area contributed by atoms with Crippen molar-refractivity contribution in [3.05, 3.63) is 35.1 Å². The van der Waals surface area contributed by atoms with Crippen LogP contribution in [0.25, 0.3) is 11.0 Å². The number of nitrogens with one attached hydrogen (secondary N) is 1. The van der Waals surface area contributed by atoms with E-state index in [9.17, 15) is 9.59 Å². The molecule has 0 fully saturated rings. The maximum Gasteiger partial charge on any atom is 0.224 e.